The largest absolute Gasteiger partial charge is 0.481 e. The number of aliphatic hydroxyl groups excluding tert-OH is 1. The minimum atomic E-state index is -0.769. The van der Waals surface area contributed by atoms with Gasteiger partial charge in [0.15, 0.2) is 0 Å². The second kappa shape index (κ2) is 9.58. The van der Waals surface area contributed by atoms with Crippen LogP contribution in [0.25, 0.3) is 0 Å². The average Bonchev–Trinajstić information content (AvgIpc) is 2.43. The molecule has 1 aliphatic rings. The molecule has 0 bridgehead atoms. The van der Waals surface area contributed by atoms with E-state index >= 15 is 0 Å². The average molecular weight is 286 g/mol. The van der Waals surface area contributed by atoms with Crippen LogP contribution in [0.3, 0.4) is 0 Å². The summed E-state index contributed by atoms with van der Waals surface area (Å²) in [5, 5.41) is 20.4. The number of hydrogen-bond acceptors (Lipinski definition) is 3. The van der Waals surface area contributed by atoms with Gasteiger partial charge in [-0.05, 0) is 38.5 Å². The van der Waals surface area contributed by atoms with Crippen LogP contribution in [0.2, 0.25) is 0 Å². The SMILES string of the molecule is O=C(O)CCCCCNC(=O)N1CCCCC1CCO. The Bertz CT molecular complexity index is 308. The lowest BCUT2D eigenvalue weighted by molar-refractivity contribution is -0.137. The third-order valence-electron chi connectivity index (χ3n) is 3.69. The van der Waals surface area contributed by atoms with Crippen LogP contribution in [0.4, 0.5) is 4.79 Å². The number of nitrogens with one attached hydrogen (secondary N) is 1. The van der Waals surface area contributed by atoms with E-state index in [0.29, 0.717) is 19.4 Å². The highest BCUT2D eigenvalue weighted by Crippen LogP contribution is 2.19. The van der Waals surface area contributed by atoms with Crippen LogP contribution in [-0.4, -0.2) is 52.9 Å². The number of carbonyl (C=O) groups excluding carboxylic acids is 1. The normalized spacial score (nSPS) is 18.9. The summed E-state index contributed by atoms with van der Waals surface area (Å²) in [6.45, 7) is 1.46. The molecule has 0 aromatic heterocycles. The van der Waals surface area contributed by atoms with Gasteiger partial charge in [0.2, 0.25) is 0 Å². The van der Waals surface area contributed by atoms with Crippen LogP contribution in [0.1, 0.15) is 51.4 Å². The molecule has 0 radical (unpaired) electrons. The third-order valence-corrected chi connectivity index (χ3v) is 3.69. The van der Waals surface area contributed by atoms with Gasteiger partial charge in [0.05, 0.1) is 0 Å². The molecular formula is C14H26N2O4. The van der Waals surface area contributed by atoms with E-state index in [9.17, 15) is 9.59 Å². The van der Waals surface area contributed by atoms with Crippen molar-refractivity contribution in [3.05, 3.63) is 0 Å². The predicted molar refractivity (Wildman–Crippen MR) is 75.6 cm³/mol. The molecule has 1 heterocycles. The minimum absolute atomic E-state index is 0.0543. The third kappa shape index (κ3) is 6.23. The van der Waals surface area contributed by atoms with E-state index in [0.717, 1.165) is 38.6 Å². The lowest BCUT2D eigenvalue weighted by atomic mass is 10.0. The van der Waals surface area contributed by atoms with E-state index in [2.05, 4.69) is 5.32 Å². The molecular weight excluding hydrogens is 260 g/mol. The van der Waals surface area contributed by atoms with Crippen molar-refractivity contribution in [1.29, 1.82) is 0 Å². The Morgan fingerprint density at radius 1 is 1.20 bits per heavy atom. The first-order chi connectivity index (χ1) is 9.65. The number of amides is 2. The molecule has 0 aromatic rings. The van der Waals surface area contributed by atoms with Crippen molar-refractivity contribution in [3.8, 4) is 0 Å². The van der Waals surface area contributed by atoms with Crippen LogP contribution in [-0.2, 0) is 4.79 Å². The smallest absolute Gasteiger partial charge is 0.317 e. The summed E-state index contributed by atoms with van der Waals surface area (Å²) in [4.78, 5) is 24.2. The molecule has 1 aliphatic heterocycles. The van der Waals surface area contributed by atoms with Crippen molar-refractivity contribution < 1.29 is 19.8 Å². The van der Waals surface area contributed by atoms with Crippen LogP contribution in [0.5, 0.6) is 0 Å². The molecule has 1 saturated heterocycles. The van der Waals surface area contributed by atoms with Gasteiger partial charge in [0, 0.05) is 32.2 Å². The molecule has 1 atom stereocenters. The Kier molecular flexibility index (Phi) is 8.02. The number of nitrogens with zero attached hydrogens (tertiary/aromatic N) is 1. The number of carbonyl (C=O) groups is 2. The standard InChI is InChI=1S/C14H26N2O4/c17-11-8-12-6-3-5-10-16(12)14(20)15-9-4-1-2-7-13(18)19/h12,17H,1-11H2,(H,15,20)(H,18,19). The zero-order valence-corrected chi connectivity index (χ0v) is 12.0. The van der Waals surface area contributed by atoms with Gasteiger partial charge in [-0.2, -0.15) is 0 Å². The van der Waals surface area contributed by atoms with Gasteiger partial charge >= 0.3 is 12.0 Å². The van der Waals surface area contributed by atoms with Crippen molar-refractivity contribution in [2.45, 2.75) is 57.4 Å². The molecule has 6 nitrogen and oxygen atoms in total. The molecule has 0 aliphatic carbocycles. The van der Waals surface area contributed by atoms with E-state index in [-0.39, 0.29) is 25.1 Å². The molecule has 2 amide bonds. The molecule has 0 saturated carbocycles. The van der Waals surface area contributed by atoms with Crippen molar-refractivity contribution in [1.82, 2.24) is 10.2 Å². The quantitative estimate of drug-likeness (QED) is 0.591. The van der Waals surface area contributed by atoms with Gasteiger partial charge in [0.25, 0.3) is 0 Å². The minimum Gasteiger partial charge on any atom is -0.481 e. The summed E-state index contributed by atoms with van der Waals surface area (Å²) in [6.07, 6.45) is 6.21. The summed E-state index contributed by atoms with van der Waals surface area (Å²) < 4.78 is 0. The Morgan fingerprint density at radius 2 is 2.00 bits per heavy atom. The number of likely N-dealkylation sites (tertiary alicyclic amines) is 1. The van der Waals surface area contributed by atoms with Gasteiger partial charge in [-0.25, -0.2) is 4.79 Å². The Morgan fingerprint density at radius 3 is 2.70 bits per heavy atom. The summed E-state index contributed by atoms with van der Waals surface area (Å²) >= 11 is 0. The summed E-state index contributed by atoms with van der Waals surface area (Å²) in [5.41, 5.74) is 0. The maximum atomic E-state index is 12.1. The highest BCUT2D eigenvalue weighted by atomic mass is 16.4. The van der Waals surface area contributed by atoms with E-state index in [1.54, 1.807) is 0 Å². The zero-order chi connectivity index (χ0) is 14.8. The van der Waals surface area contributed by atoms with Crippen LogP contribution >= 0.6 is 0 Å². The van der Waals surface area contributed by atoms with Crippen molar-refractivity contribution in [2.75, 3.05) is 19.7 Å². The summed E-state index contributed by atoms with van der Waals surface area (Å²) in [7, 11) is 0. The molecule has 116 valence electrons. The Labute approximate surface area is 120 Å². The van der Waals surface area contributed by atoms with E-state index in [1.807, 2.05) is 4.90 Å². The van der Waals surface area contributed by atoms with Gasteiger partial charge < -0.3 is 20.4 Å². The Hall–Kier alpha value is -1.30. The number of hydrogen-bond donors (Lipinski definition) is 3. The molecule has 6 heteroatoms. The molecule has 20 heavy (non-hydrogen) atoms. The lowest BCUT2D eigenvalue weighted by Crippen LogP contribution is -2.49. The Balaban J connectivity index is 2.18. The van der Waals surface area contributed by atoms with E-state index < -0.39 is 5.97 Å². The van der Waals surface area contributed by atoms with Gasteiger partial charge in [-0.3, -0.25) is 4.79 Å². The topological polar surface area (TPSA) is 89.9 Å². The summed E-state index contributed by atoms with van der Waals surface area (Å²) in [5.74, 6) is -0.769. The first kappa shape index (κ1) is 16.8. The number of unbranched alkanes of at least 4 members (excludes halogenated alkanes) is 2. The second-order valence-electron chi connectivity index (χ2n) is 5.29. The fraction of sp³-hybridized carbons (Fsp3) is 0.857. The monoisotopic (exact) mass is 286 g/mol. The van der Waals surface area contributed by atoms with Crippen molar-refractivity contribution in [2.24, 2.45) is 0 Å². The number of carboxylic acid groups (broad SMARTS) is 1. The highest BCUT2D eigenvalue weighted by Gasteiger charge is 2.25. The number of piperidine rings is 1. The number of aliphatic carboxylic acids is 1. The predicted octanol–water partition coefficient (Wildman–Crippen LogP) is 1.58. The number of carboxylic acids is 1. The fourth-order valence-corrected chi connectivity index (χ4v) is 2.59. The van der Waals surface area contributed by atoms with E-state index in [4.69, 9.17) is 10.2 Å². The first-order valence-electron chi connectivity index (χ1n) is 7.52. The molecule has 1 unspecified atom stereocenters. The van der Waals surface area contributed by atoms with Gasteiger partial charge in [-0.1, -0.05) is 6.42 Å². The van der Waals surface area contributed by atoms with Crippen LogP contribution in [0.15, 0.2) is 0 Å². The molecule has 0 spiro atoms. The molecule has 1 fully saturated rings. The molecule has 3 N–H and O–H groups in total. The van der Waals surface area contributed by atoms with Crippen molar-refractivity contribution >= 4 is 12.0 Å². The van der Waals surface area contributed by atoms with Gasteiger partial charge in [-0.15, -0.1) is 0 Å². The first-order valence-corrected chi connectivity index (χ1v) is 7.52. The highest BCUT2D eigenvalue weighted by molar-refractivity contribution is 5.74. The maximum absolute atomic E-state index is 12.1. The molecule has 1 rings (SSSR count). The van der Waals surface area contributed by atoms with Gasteiger partial charge in [0.1, 0.15) is 0 Å². The number of urea groups is 1. The maximum Gasteiger partial charge on any atom is 0.317 e. The van der Waals surface area contributed by atoms with Crippen LogP contribution in [0, 0.1) is 0 Å². The van der Waals surface area contributed by atoms with Crippen LogP contribution < -0.4 is 5.32 Å². The second-order valence-corrected chi connectivity index (χ2v) is 5.29. The van der Waals surface area contributed by atoms with E-state index in [1.165, 1.54) is 0 Å². The number of aliphatic hydroxyl groups is 1. The summed E-state index contributed by atoms with van der Waals surface area (Å²) in [6, 6.07) is 0.0992. The zero-order valence-electron chi connectivity index (χ0n) is 12.0. The number of rotatable bonds is 8. The fourth-order valence-electron chi connectivity index (χ4n) is 2.59. The lowest BCUT2D eigenvalue weighted by Gasteiger charge is -2.35. The van der Waals surface area contributed by atoms with Crippen molar-refractivity contribution in [3.63, 3.8) is 0 Å². The molecule has 0 aromatic carbocycles.